The minimum atomic E-state index is -0.111. The monoisotopic (exact) mass is 349 g/mol. The number of nitrogens with zero attached hydrogens (tertiary/aromatic N) is 5. The number of benzene rings is 1. The van der Waals surface area contributed by atoms with Gasteiger partial charge in [-0.2, -0.15) is 4.52 Å². The highest BCUT2D eigenvalue weighted by molar-refractivity contribution is 5.94. The molecule has 0 atom stereocenters. The number of carbonyl (C=O) groups excluding carboxylic acids is 1. The standard InChI is InChI=1S/C18H19N7O/c26-18(13-9-10-17-22-23-24-25(17)12-13)19-11-5-1-2-8-16-20-14-6-3-4-7-15(14)21-16/h3-4,6-7,9-10,12H,1-2,5,8,11H2,(H,19,26)(H,20,21). The first-order valence-corrected chi connectivity index (χ1v) is 8.69. The van der Waals surface area contributed by atoms with E-state index in [4.69, 9.17) is 0 Å². The molecule has 0 unspecified atom stereocenters. The van der Waals surface area contributed by atoms with Crippen molar-refractivity contribution < 1.29 is 4.79 Å². The summed E-state index contributed by atoms with van der Waals surface area (Å²) in [5.41, 5.74) is 3.25. The number of pyridine rings is 1. The Morgan fingerprint density at radius 3 is 2.96 bits per heavy atom. The van der Waals surface area contributed by atoms with Crippen LogP contribution in [0.4, 0.5) is 0 Å². The molecular weight excluding hydrogens is 330 g/mol. The SMILES string of the molecule is O=C(NCCCCCc1nc2ccccc2[nH]1)c1ccc2nnnn2c1. The number of fused-ring (bicyclic) bond motifs is 2. The average molecular weight is 349 g/mol. The van der Waals surface area contributed by atoms with Gasteiger partial charge in [-0.1, -0.05) is 18.6 Å². The Labute approximate surface area is 149 Å². The predicted molar refractivity (Wildman–Crippen MR) is 96.8 cm³/mol. The molecule has 132 valence electrons. The van der Waals surface area contributed by atoms with Gasteiger partial charge in [0.25, 0.3) is 5.91 Å². The van der Waals surface area contributed by atoms with Crippen LogP contribution >= 0.6 is 0 Å². The molecule has 0 bridgehead atoms. The van der Waals surface area contributed by atoms with Crippen LogP contribution in [0.15, 0.2) is 42.6 Å². The van der Waals surface area contributed by atoms with Crippen molar-refractivity contribution >= 4 is 22.6 Å². The maximum absolute atomic E-state index is 12.2. The Morgan fingerprint density at radius 1 is 1.12 bits per heavy atom. The third kappa shape index (κ3) is 3.53. The summed E-state index contributed by atoms with van der Waals surface area (Å²) < 4.78 is 1.49. The fraction of sp³-hybridized carbons (Fsp3) is 0.278. The Bertz CT molecular complexity index is 1000. The van der Waals surface area contributed by atoms with E-state index in [1.807, 2.05) is 24.3 Å². The number of H-pyrrole nitrogens is 1. The van der Waals surface area contributed by atoms with Crippen molar-refractivity contribution in [2.75, 3.05) is 6.54 Å². The highest BCUT2D eigenvalue weighted by atomic mass is 16.1. The van der Waals surface area contributed by atoms with Crippen molar-refractivity contribution in [3.8, 4) is 0 Å². The maximum Gasteiger partial charge on any atom is 0.252 e. The van der Waals surface area contributed by atoms with E-state index in [1.165, 1.54) is 4.52 Å². The van der Waals surface area contributed by atoms with Gasteiger partial charge in [-0.15, -0.1) is 5.10 Å². The second-order valence-corrected chi connectivity index (χ2v) is 6.17. The first-order valence-electron chi connectivity index (χ1n) is 8.69. The van der Waals surface area contributed by atoms with Gasteiger partial charge in [-0.25, -0.2) is 4.98 Å². The van der Waals surface area contributed by atoms with Gasteiger partial charge < -0.3 is 10.3 Å². The van der Waals surface area contributed by atoms with E-state index < -0.39 is 0 Å². The van der Waals surface area contributed by atoms with E-state index in [0.717, 1.165) is 42.5 Å². The summed E-state index contributed by atoms with van der Waals surface area (Å²) in [4.78, 5) is 20.1. The van der Waals surface area contributed by atoms with E-state index in [0.29, 0.717) is 17.8 Å². The normalized spacial score (nSPS) is 11.2. The van der Waals surface area contributed by atoms with Crippen molar-refractivity contribution in [1.29, 1.82) is 0 Å². The van der Waals surface area contributed by atoms with Crippen molar-refractivity contribution in [2.24, 2.45) is 0 Å². The molecule has 4 aromatic rings. The topological polar surface area (TPSA) is 101 Å². The van der Waals surface area contributed by atoms with Gasteiger partial charge in [0.1, 0.15) is 5.82 Å². The maximum atomic E-state index is 12.2. The van der Waals surface area contributed by atoms with Gasteiger partial charge in [0.15, 0.2) is 5.65 Å². The average Bonchev–Trinajstić information content (AvgIpc) is 3.29. The van der Waals surface area contributed by atoms with E-state index >= 15 is 0 Å². The van der Waals surface area contributed by atoms with Gasteiger partial charge in [-0.3, -0.25) is 4.79 Å². The molecule has 26 heavy (non-hydrogen) atoms. The number of unbranched alkanes of at least 4 members (excludes halogenated alkanes) is 2. The van der Waals surface area contributed by atoms with E-state index in [-0.39, 0.29) is 5.91 Å². The fourth-order valence-electron chi connectivity index (χ4n) is 2.90. The highest BCUT2D eigenvalue weighted by Crippen LogP contribution is 2.12. The molecule has 8 nitrogen and oxygen atoms in total. The third-order valence-corrected chi connectivity index (χ3v) is 4.27. The van der Waals surface area contributed by atoms with Gasteiger partial charge in [0.2, 0.25) is 0 Å². The molecule has 0 saturated carbocycles. The summed E-state index contributed by atoms with van der Waals surface area (Å²) >= 11 is 0. The van der Waals surface area contributed by atoms with Crippen LogP contribution in [0.5, 0.6) is 0 Å². The second-order valence-electron chi connectivity index (χ2n) is 6.17. The molecule has 0 spiro atoms. The number of para-hydroxylation sites is 2. The molecule has 0 aliphatic carbocycles. The van der Waals surface area contributed by atoms with Gasteiger partial charge in [-0.05, 0) is 47.5 Å². The summed E-state index contributed by atoms with van der Waals surface area (Å²) in [5, 5.41) is 14.1. The molecule has 3 aromatic heterocycles. The zero-order valence-electron chi connectivity index (χ0n) is 14.2. The minimum absolute atomic E-state index is 0.111. The number of carbonyl (C=O) groups is 1. The number of imidazole rings is 1. The number of rotatable bonds is 7. The van der Waals surface area contributed by atoms with Crippen LogP contribution in [0.25, 0.3) is 16.7 Å². The number of aromatic amines is 1. The lowest BCUT2D eigenvalue weighted by molar-refractivity contribution is 0.0952. The largest absolute Gasteiger partial charge is 0.352 e. The fourth-order valence-corrected chi connectivity index (χ4v) is 2.90. The molecule has 4 rings (SSSR count). The number of hydrogen-bond donors (Lipinski definition) is 2. The molecule has 1 aromatic carbocycles. The van der Waals surface area contributed by atoms with Crippen LogP contribution < -0.4 is 5.32 Å². The Balaban J connectivity index is 1.19. The van der Waals surface area contributed by atoms with Crippen LogP contribution in [0.1, 0.15) is 35.4 Å². The molecule has 2 N–H and O–H groups in total. The van der Waals surface area contributed by atoms with Crippen LogP contribution in [-0.4, -0.2) is 42.5 Å². The zero-order chi connectivity index (χ0) is 17.8. The minimum Gasteiger partial charge on any atom is -0.352 e. The van der Waals surface area contributed by atoms with Crippen molar-refractivity contribution in [1.82, 2.24) is 35.3 Å². The van der Waals surface area contributed by atoms with E-state index in [1.54, 1.807) is 18.3 Å². The van der Waals surface area contributed by atoms with Crippen molar-refractivity contribution in [2.45, 2.75) is 25.7 Å². The molecule has 1 amide bonds. The molecule has 0 radical (unpaired) electrons. The Kier molecular flexibility index (Phi) is 4.55. The summed E-state index contributed by atoms with van der Waals surface area (Å²) in [6, 6.07) is 11.5. The first kappa shape index (κ1) is 16.2. The Morgan fingerprint density at radius 2 is 2.04 bits per heavy atom. The molecular formula is C18H19N7O. The second kappa shape index (κ2) is 7.30. The van der Waals surface area contributed by atoms with Crippen LogP contribution in [0.2, 0.25) is 0 Å². The van der Waals surface area contributed by atoms with E-state index in [2.05, 4.69) is 30.8 Å². The summed E-state index contributed by atoms with van der Waals surface area (Å²) in [6.07, 6.45) is 5.54. The van der Waals surface area contributed by atoms with Gasteiger partial charge in [0, 0.05) is 19.2 Å². The molecule has 0 saturated heterocycles. The molecule has 8 heteroatoms. The van der Waals surface area contributed by atoms with Crippen molar-refractivity contribution in [3.63, 3.8) is 0 Å². The number of aromatic nitrogens is 6. The van der Waals surface area contributed by atoms with Crippen LogP contribution in [0.3, 0.4) is 0 Å². The molecule has 3 heterocycles. The highest BCUT2D eigenvalue weighted by Gasteiger charge is 2.07. The Hall–Kier alpha value is -3.29. The predicted octanol–water partition coefficient (Wildman–Crippen LogP) is 2.14. The lowest BCUT2D eigenvalue weighted by atomic mass is 10.2. The zero-order valence-corrected chi connectivity index (χ0v) is 14.2. The van der Waals surface area contributed by atoms with Gasteiger partial charge in [0.05, 0.1) is 16.6 Å². The third-order valence-electron chi connectivity index (χ3n) is 4.27. The van der Waals surface area contributed by atoms with Crippen LogP contribution in [-0.2, 0) is 6.42 Å². The molecule has 0 fully saturated rings. The lowest BCUT2D eigenvalue weighted by Crippen LogP contribution is -2.24. The number of tetrazole rings is 1. The van der Waals surface area contributed by atoms with Crippen molar-refractivity contribution in [3.05, 3.63) is 54.0 Å². The number of nitrogens with one attached hydrogen (secondary N) is 2. The number of hydrogen-bond acceptors (Lipinski definition) is 5. The summed E-state index contributed by atoms with van der Waals surface area (Å²) in [5.74, 6) is 0.907. The van der Waals surface area contributed by atoms with Crippen LogP contribution in [0, 0.1) is 0 Å². The lowest BCUT2D eigenvalue weighted by Gasteiger charge is -2.05. The van der Waals surface area contributed by atoms with E-state index in [9.17, 15) is 4.79 Å². The first-order chi connectivity index (χ1) is 12.8. The number of amides is 1. The molecule has 0 aliphatic rings. The quantitative estimate of drug-likeness (QED) is 0.498. The van der Waals surface area contributed by atoms with Gasteiger partial charge >= 0.3 is 0 Å². The smallest absolute Gasteiger partial charge is 0.252 e. The number of aryl methyl sites for hydroxylation is 1. The summed E-state index contributed by atoms with van der Waals surface area (Å²) in [7, 11) is 0. The summed E-state index contributed by atoms with van der Waals surface area (Å²) in [6.45, 7) is 0.645. The molecule has 0 aliphatic heterocycles.